The summed E-state index contributed by atoms with van der Waals surface area (Å²) < 4.78 is 5.73. The number of fused-ring (bicyclic) bond motifs is 1. The molecule has 0 unspecified atom stereocenters. The van der Waals surface area contributed by atoms with Crippen molar-refractivity contribution in [1.29, 1.82) is 0 Å². The molecule has 0 radical (unpaired) electrons. The zero-order valence-electron chi connectivity index (χ0n) is 16.0. The number of para-hydroxylation sites is 1. The van der Waals surface area contributed by atoms with E-state index in [0.29, 0.717) is 37.6 Å². The van der Waals surface area contributed by atoms with Gasteiger partial charge < -0.3 is 14.7 Å². The zero-order chi connectivity index (χ0) is 19.2. The van der Waals surface area contributed by atoms with Crippen molar-refractivity contribution in [3.63, 3.8) is 0 Å². The molecule has 2 heterocycles. The second kappa shape index (κ2) is 8.87. The minimum atomic E-state index is 0.0350. The van der Waals surface area contributed by atoms with Gasteiger partial charge in [0.2, 0.25) is 17.7 Å². The standard InChI is InChI=1S/C22H26N4O2/c27-20(23-13-12-16-6-2-1-3-7-16)10-11-21-25-26-22(28-21)14-17-15-24-19-9-5-4-8-18(17)19/h4-6,8-9,15,24H,1-3,7,10-14H2,(H,23,27). The first-order chi connectivity index (χ1) is 13.8. The topological polar surface area (TPSA) is 83.8 Å². The molecule has 2 N–H and O–H groups in total. The van der Waals surface area contributed by atoms with E-state index >= 15 is 0 Å². The first kappa shape index (κ1) is 18.5. The van der Waals surface area contributed by atoms with E-state index in [-0.39, 0.29) is 5.91 Å². The maximum absolute atomic E-state index is 12.0. The molecule has 3 aromatic rings. The highest BCUT2D eigenvalue weighted by molar-refractivity contribution is 5.83. The van der Waals surface area contributed by atoms with Gasteiger partial charge in [0.1, 0.15) is 0 Å². The van der Waals surface area contributed by atoms with Crippen molar-refractivity contribution < 1.29 is 9.21 Å². The molecule has 0 saturated heterocycles. The quantitative estimate of drug-likeness (QED) is 0.579. The fourth-order valence-electron chi connectivity index (χ4n) is 3.70. The van der Waals surface area contributed by atoms with Gasteiger partial charge in [-0.2, -0.15) is 0 Å². The molecule has 146 valence electrons. The average molecular weight is 378 g/mol. The molecular formula is C22H26N4O2. The maximum atomic E-state index is 12.0. The number of nitrogens with zero attached hydrogens (tertiary/aromatic N) is 2. The number of carbonyl (C=O) groups is 1. The summed E-state index contributed by atoms with van der Waals surface area (Å²) in [5, 5.41) is 12.4. The summed E-state index contributed by atoms with van der Waals surface area (Å²) >= 11 is 0. The third-order valence-electron chi connectivity index (χ3n) is 5.24. The van der Waals surface area contributed by atoms with Gasteiger partial charge in [0, 0.05) is 36.5 Å². The summed E-state index contributed by atoms with van der Waals surface area (Å²) in [5.74, 6) is 1.12. The Balaban J connectivity index is 1.23. The Bertz CT molecular complexity index is 970. The number of aromatic amines is 1. The molecule has 0 atom stereocenters. The molecule has 4 rings (SSSR count). The third kappa shape index (κ3) is 4.68. The Labute approximate surface area is 164 Å². The number of H-pyrrole nitrogens is 1. The van der Waals surface area contributed by atoms with Crippen LogP contribution in [0, 0.1) is 0 Å². The van der Waals surface area contributed by atoms with E-state index in [9.17, 15) is 4.79 Å². The van der Waals surface area contributed by atoms with Gasteiger partial charge in [0.15, 0.2) is 0 Å². The highest BCUT2D eigenvalue weighted by Crippen LogP contribution is 2.21. The first-order valence-corrected chi connectivity index (χ1v) is 10.1. The molecule has 0 saturated carbocycles. The van der Waals surface area contributed by atoms with Gasteiger partial charge in [-0.15, -0.1) is 10.2 Å². The highest BCUT2D eigenvalue weighted by atomic mass is 16.4. The lowest BCUT2D eigenvalue weighted by molar-refractivity contribution is -0.121. The molecular weight excluding hydrogens is 352 g/mol. The minimum absolute atomic E-state index is 0.0350. The minimum Gasteiger partial charge on any atom is -0.425 e. The van der Waals surface area contributed by atoms with Crippen molar-refractivity contribution >= 4 is 16.8 Å². The summed E-state index contributed by atoms with van der Waals surface area (Å²) in [6.07, 6.45) is 11.6. The number of nitrogens with one attached hydrogen (secondary N) is 2. The lowest BCUT2D eigenvalue weighted by Crippen LogP contribution is -2.25. The normalized spacial score (nSPS) is 14.2. The number of carbonyl (C=O) groups excluding carboxylic acids is 1. The van der Waals surface area contributed by atoms with Gasteiger partial charge in [-0.1, -0.05) is 29.8 Å². The summed E-state index contributed by atoms with van der Waals surface area (Å²) in [4.78, 5) is 15.3. The number of benzene rings is 1. The Kier molecular flexibility index (Phi) is 5.85. The maximum Gasteiger partial charge on any atom is 0.221 e. The summed E-state index contributed by atoms with van der Waals surface area (Å²) in [6.45, 7) is 0.709. The van der Waals surface area contributed by atoms with E-state index in [1.807, 2.05) is 24.4 Å². The lowest BCUT2D eigenvalue weighted by Gasteiger charge is -2.12. The average Bonchev–Trinajstić information content (AvgIpc) is 3.35. The highest BCUT2D eigenvalue weighted by Gasteiger charge is 2.12. The van der Waals surface area contributed by atoms with Crippen LogP contribution in [0.4, 0.5) is 0 Å². The van der Waals surface area contributed by atoms with Crippen molar-refractivity contribution in [2.75, 3.05) is 6.54 Å². The Hall–Kier alpha value is -2.89. The van der Waals surface area contributed by atoms with Crippen LogP contribution in [-0.4, -0.2) is 27.6 Å². The molecule has 1 aliphatic rings. The molecule has 0 spiro atoms. The fourth-order valence-corrected chi connectivity index (χ4v) is 3.70. The summed E-state index contributed by atoms with van der Waals surface area (Å²) in [6, 6.07) is 8.14. The van der Waals surface area contributed by atoms with E-state index in [2.05, 4.69) is 32.6 Å². The van der Waals surface area contributed by atoms with E-state index in [1.165, 1.54) is 31.3 Å². The third-order valence-corrected chi connectivity index (χ3v) is 5.24. The molecule has 6 nitrogen and oxygen atoms in total. The molecule has 0 aliphatic heterocycles. The molecule has 0 fully saturated rings. The second-order valence-electron chi connectivity index (χ2n) is 7.33. The van der Waals surface area contributed by atoms with E-state index in [1.54, 1.807) is 0 Å². The van der Waals surface area contributed by atoms with Gasteiger partial charge in [-0.3, -0.25) is 4.79 Å². The summed E-state index contributed by atoms with van der Waals surface area (Å²) in [7, 11) is 0. The van der Waals surface area contributed by atoms with Crippen LogP contribution in [0.5, 0.6) is 0 Å². The molecule has 1 aromatic carbocycles. The van der Waals surface area contributed by atoms with Crippen LogP contribution < -0.4 is 5.32 Å². The molecule has 1 amide bonds. The zero-order valence-corrected chi connectivity index (χ0v) is 16.0. The molecule has 2 aromatic heterocycles. The number of amides is 1. The number of hydrogen-bond donors (Lipinski definition) is 2. The summed E-state index contributed by atoms with van der Waals surface area (Å²) in [5.41, 5.74) is 3.70. The second-order valence-corrected chi connectivity index (χ2v) is 7.33. The van der Waals surface area contributed by atoms with Crippen LogP contribution in [0.2, 0.25) is 0 Å². The van der Waals surface area contributed by atoms with Gasteiger partial charge in [0.25, 0.3) is 0 Å². The smallest absolute Gasteiger partial charge is 0.221 e. The Morgan fingerprint density at radius 2 is 2.04 bits per heavy atom. The van der Waals surface area contributed by atoms with Crippen LogP contribution in [0.3, 0.4) is 0 Å². The van der Waals surface area contributed by atoms with Crippen LogP contribution in [0.1, 0.15) is 55.9 Å². The van der Waals surface area contributed by atoms with Gasteiger partial charge in [0.05, 0.1) is 6.42 Å². The van der Waals surface area contributed by atoms with Gasteiger partial charge in [-0.05, 0) is 43.7 Å². The van der Waals surface area contributed by atoms with Crippen LogP contribution >= 0.6 is 0 Å². The lowest BCUT2D eigenvalue weighted by atomic mass is 9.97. The van der Waals surface area contributed by atoms with Gasteiger partial charge in [-0.25, -0.2) is 0 Å². The van der Waals surface area contributed by atoms with Gasteiger partial charge >= 0.3 is 0 Å². The first-order valence-electron chi connectivity index (χ1n) is 10.1. The van der Waals surface area contributed by atoms with E-state index in [0.717, 1.165) is 22.9 Å². The van der Waals surface area contributed by atoms with Crippen LogP contribution in [0.15, 0.2) is 46.5 Å². The van der Waals surface area contributed by atoms with E-state index < -0.39 is 0 Å². The van der Waals surface area contributed by atoms with Crippen molar-refractivity contribution in [3.8, 4) is 0 Å². The molecule has 28 heavy (non-hydrogen) atoms. The largest absolute Gasteiger partial charge is 0.425 e. The SMILES string of the molecule is O=C(CCc1nnc(Cc2c[nH]c3ccccc23)o1)NCCC1=CCCCC1. The predicted octanol–water partition coefficient (Wildman–Crippen LogP) is 4.08. The molecule has 0 bridgehead atoms. The van der Waals surface area contributed by atoms with Crippen molar-refractivity contribution in [3.05, 3.63) is 59.5 Å². The molecule has 1 aliphatic carbocycles. The fraction of sp³-hybridized carbons (Fsp3) is 0.409. The molecule has 6 heteroatoms. The van der Waals surface area contributed by atoms with Crippen molar-refractivity contribution in [2.45, 2.75) is 51.4 Å². The monoisotopic (exact) mass is 378 g/mol. The van der Waals surface area contributed by atoms with Crippen LogP contribution in [-0.2, 0) is 17.6 Å². The number of aryl methyl sites for hydroxylation is 1. The Morgan fingerprint density at radius 1 is 1.14 bits per heavy atom. The van der Waals surface area contributed by atoms with E-state index in [4.69, 9.17) is 4.42 Å². The van der Waals surface area contributed by atoms with Crippen molar-refractivity contribution in [2.24, 2.45) is 0 Å². The van der Waals surface area contributed by atoms with Crippen LogP contribution in [0.25, 0.3) is 10.9 Å². The number of allylic oxidation sites excluding steroid dienone is 1. The number of hydrogen-bond acceptors (Lipinski definition) is 4. The number of rotatable bonds is 8. The van der Waals surface area contributed by atoms with Crippen molar-refractivity contribution in [1.82, 2.24) is 20.5 Å². The predicted molar refractivity (Wildman–Crippen MR) is 108 cm³/mol. The number of aromatic nitrogens is 3. The Morgan fingerprint density at radius 3 is 2.93 bits per heavy atom.